The minimum atomic E-state index is -0.714. The first-order valence-electron chi connectivity index (χ1n) is 21.4. The van der Waals surface area contributed by atoms with Crippen molar-refractivity contribution < 1.29 is 46.9 Å². The molecule has 0 bridgehead atoms. The second-order valence-electron chi connectivity index (χ2n) is 18.4. The summed E-state index contributed by atoms with van der Waals surface area (Å²) in [4.78, 5) is 58.1. The maximum absolute atomic E-state index is 14.4. The molecule has 3 amide bonds. The van der Waals surface area contributed by atoms with Gasteiger partial charge in [0.25, 0.3) is 0 Å². The lowest BCUT2D eigenvalue weighted by Crippen LogP contribution is -2.50. The molecule has 322 valence electrons. The zero-order chi connectivity index (χ0) is 41.6. The highest BCUT2D eigenvalue weighted by atomic mass is 19.1. The minimum absolute atomic E-state index is 0.000748. The van der Waals surface area contributed by atoms with Crippen molar-refractivity contribution >= 4 is 40.5 Å². The van der Waals surface area contributed by atoms with Crippen LogP contribution in [0.15, 0.2) is 28.7 Å². The maximum Gasteiger partial charge on any atom is 0.407 e. The number of carbonyl (C=O) groups is 4. The topological polar surface area (TPSA) is 149 Å². The number of benzene rings is 1. The summed E-state index contributed by atoms with van der Waals surface area (Å²) in [5.74, 6) is -0.831. The highest BCUT2D eigenvalue weighted by Crippen LogP contribution is 2.42. The van der Waals surface area contributed by atoms with Gasteiger partial charge in [0.15, 0.2) is 0 Å². The number of nitrogens with one attached hydrogen (secondary N) is 2. The van der Waals surface area contributed by atoms with Gasteiger partial charge in [-0.3, -0.25) is 14.5 Å². The number of hydrogen-bond donors (Lipinski definition) is 2. The Kier molecular flexibility index (Phi) is 14.4. The highest BCUT2D eigenvalue weighted by Gasteiger charge is 2.47. The lowest BCUT2D eigenvalue weighted by Gasteiger charge is -2.38. The predicted octanol–water partition coefficient (Wildman–Crippen LogP) is 7.12. The van der Waals surface area contributed by atoms with Crippen LogP contribution in [-0.4, -0.2) is 116 Å². The number of nitrogens with zero attached hydrogens (tertiary/aromatic N) is 2. The summed E-state index contributed by atoms with van der Waals surface area (Å²) < 4.78 is 42.3. The lowest BCUT2D eigenvalue weighted by atomic mass is 9.75. The largest absolute Gasteiger partial charge is 0.460 e. The molecule has 58 heavy (non-hydrogen) atoms. The minimum Gasteiger partial charge on any atom is -0.460 e. The number of likely N-dealkylation sites (tertiary alicyclic amines) is 1. The average Bonchev–Trinajstić information content (AvgIpc) is 3.83. The number of alkyl carbamates (subject to hydrolysis) is 1. The fourth-order valence-electron chi connectivity index (χ4n) is 9.66. The number of anilines is 1. The van der Waals surface area contributed by atoms with E-state index < -0.39 is 36.4 Å². The number of ether oxygens (including phenoxy) is 4. The number of alkyl halides is 1. The normalized spacial score (nSPS) is 27.2. The molecule has 4 fully saturated rings. The van der Waals surface area contributed by atoms with Crippen LogP contribution in [-0.2, 0) is 28.5 Å². The molecule has 3 atom stereocenters. The van der Waals surface area contributed by atoms with Crippen LogP contribution < -0.4 is 10.6 Å². The van der Waals surface area contributed by atoms with Gasteiger partial charge in [-0.2, -0.15) is 0 Å². The Bertz CT molecular complexity index is 1730. The van der Waals surface area contributed by atoms with E-state index in [-0.39, 0.29) is 59.6 Å². The fraction of sp³-hybridized carbons (Fsp3) is 0.727. The van der Waals surface area contributed by atoms with Gasteiger partial charge in [0.1, 0.15) is 23.9 Å². The molecule has 0 unspecified atom stereocenters. The Hall–Kier alpha value is -3.75. The first-order valence-corrected chi connectivity index (χ1v) is 21.4. The number of rotatable bonds is 13. The van der Waals surface area contributed by atoms with Gasteiger partial charge in [0.2, 0.25) is 17.6 Å². The van der Waals surface area contributed by atoms with E-state index in [9.17, 15) is 23.6 Å². The van der Waals surface area contributed by atoms with E-state index in [0.717, 1.165) is 51.7 Å². The summed E-state index contributed by atoms with van der Waals surface area (Å²) in [6, 6.07) is 5.56. The molecule has 14 heteroatoms. The number of carbonyl (C=O) groups excluding carboxylic acids is 4. The third-order valence-corrected chi connectivity index (χ3v) is 12.6. The number of esters is 1. The van der Waals surface area contributed by atoms with Crippen LogP contribution in [0.2, 0.25) is 0 Å². The van der Waals surface area contributed by atoms with Crippen LogP contribution in [0.5, 0.6) is 0 Å². The predicted molar refractivity (Wildman–Crippen MR) is 217 cm³/mol. The monoisotopic (exact) mass is 812 g/mol. The van der Waals surface area contributed by atoms with E-state index >= 15 is 0 Å². The Morgan fingerprint density at radius 2 is 1.72 bits per heavy atom. The molecule has 2 aliphatic heterocycles. The number of hydrogen-bond acceptors (Lipinski definition) is 10. The molecular formula is C44H65FN4O9. The smallest absolute Gasteiger partial charge is 0.407 e. The van der Waals surface area contributed by atoms with Crippen molar-refractivity contribution in [2.75, 3.05) is 58.5 Å². The lowest BCUT2D eigenvalue weighted by molar-refractivity contribution is -0.142. The van der Waals surface area contributed by atoms with Crippen LogP contribution in [0.4, 0.5) is 14.9 Å². The summed E-state index contributed by atoms with van der Waals surface area (Å²) in [7, 11) is 1.74. The molecular weight excluding hydrogens is 748 g/mol. The molecule has 0 radical (unpaired) electrons. The van der Waals surface area contributed by atoms with E-state index in [1.807, 2.05) is 0 Å². The molecule has 0 spiro atoms. The van der Waals surface area contributed by atoms with Crippen molar-refractivity contribution in [2.24, 2.45) is 23.7 Å². The van der Waals surface area contributed by atoms with Gasteiger partial charge in [-0.1, -0.05) is 0 Å². The van der Waals surface area contributed by atoms with E-state index in [4.69, 9.17) is 23.4 Å². The van der Waals surface area contributed by atoms with Gasteiger partial charge < -0.3 is 38.9 Å². The van der Waals surface area contributed by atoms with Crippen LogP contribution in [0.1, 0.15) is 109 Å². The van der Waals surface area contributed by atoms with Gasteiger partial charge in [-0.25, -0.2) is 14.0 Å². The molecule has 3 heterocycles. The first kappa shape index (κ1) is 43.8. The number of methoxy groups -OCH3 is 1. The summed E-state index contributed by atoms with van der Waals surface area (Å²) >= 11 is 0. The number of amides is 3. The second-order valence-corrected chi connectivity index (χ2v) is 18.4. The van der Waals surface area contributed by atoms with Crippen molar-refractivity contribution in [3.63, 3.8) is 0 Å². The number of furan rings is 1. The number of fused-ring (bicyclic) bond motifs is 1. The SMILES string of the molecule is CO[C@H]1CC[C@H]([C@@H]2CCN(C(=O)[C@H]3CC[C@H]([C@@H](CF)NC(=O)OC(C)(C)C)CC3)[C@@H]2C(=O)Nc2ccc3oc(C(=O)OCCCN4CCOC(C)(C)C4)cc3c2)CC1. The van der Waals surface area contributed by atoms with Gasteiger partial charge in [-0.15, -0.1) is 0 Å². The van der Waals surface area contributed by atoms with E-state index in [2.05, 4.69) is 29.4 Å². The quantitative estimate of drug-likeness (QED) is 0.158. The zero-order valence-corrected chi connectivity index (χ0v) is 35.3. The van der Waals surface area contributed by atoms with Gasteiger partial charge in [0, 0.05) is 50.3 Å². The molecule has 4 aliphatic rings. The molecule has 6 rings (SSSR count). The van der Waals surface area contributed by atoms with Gasteiger partial charge >= 0.3 is 12.1 Å². The summed E-state index contributed by atoms with van der Waals surface area (Å²) in [6.07, 6.45) is 6.99. The van der Waals surface area contributed by atoms with Crippen LogP contribution >= 0.6 is 0 Å². The summed E-state index contributed by atoms with van der Waals surface area (Å²) in [5, 5.41) is 6.46. The summed E-state index contributed by atoms with van der Waals surface area (Å²) in [5.41, 5.74) is 0.164. The average molecular weight is 813 g/mol. The first-order chi connectivity index (χ1) is 27.6. The van der Waals surface area contributed by atoms with Crippen LogP contribution in [0.25, 0.3) is 11.0 Å². The molecule has 2 saturated heterocycles. The van der Waals surface area contributed by atoms with Crippen LogP contribution in [0.3, 0.4) is 0 Å². The van der Waals surface area contributed by atoms with Crippen LogP contribution in [0, 0.1) is 23.7 Å². The van der Waals surface area contributed by atoms with E-state index in [1.54, 1.807) is 57.0 Å². The Morgan fingerprint density at radius 3 is 2.40 bits per heavy atom. The fourth-order valence-corrected chi connectivity index (χ4v) is 9.66. The molecule has 2 saturated carbocycles. The molecule has 2 aliphatic carbocycles. The Labute approximate surface area is 342 Å². The van der Waals surface area contributed by atoms with Crippen molar-refractivity contribution in [3.05, 3.63) is 30.0 Å². The van der Waals surface area contributed by atoms with E-state index in [1.165, 1.54) is 0 Å². The molecule has 1 aromatic heterocycles. The second kappa shape index (κ2) is 19.1. The van der Waals surface area contributed by atoms with Gasteiger partial charge in [-0.05, 0) is 141 Å². The van der Waals surface area contributed by atoms with Crippen molar-refractivity contribution in [3.8, 4) is 0 Å². The van der Waals surface area contributed by atoms with Crippen molar-refractivity contribution in [1.82, 2.24) is 15.1 Å². The third-order valence-electron chi connectivity index (χ3n) is 12.6. The zero-order valence-electron chi connectivity index (χ0n) is 35.3. The number of morpholine rings is 1. The standard InChI is InChI=1S/C44H65FN4O9/c1-43(2,3)58-42(53)47-35(26-45)29-8-10-30(11-9-29)40(51)49-20-18-34(28-12-15-33(54-6)16-13-28)38(49)39(50)46-32-14-17-36-31(24-32)25-37(57-36)41(52)55-22-7-19-48-21-23-56-44(4,5)27-48/h14,17,24-25,28-30,33-35,38H,7-13,15-16,18-23,26-27H2,1-6H3,(H,46,50)(H,47,53)/t28-,29-,30-,33-,34-,35+,38-/m0/s1. The Balaban J connectivity index is 1.08. The molecule has 13 nitrogen and oxygen atoms in total. The summed E-state index contributed by atoms with van der Waals surface area (Å²) in [6.45, 7) is 12.7. The van der Waals surface area contributed by atoms with Crippen molar-refractivity contribution in [1.29, 1.82) is 0 Å². The Morgan fingerprint density at radius 1 is 0.983 bits per heavy atom. The van der Waals surface area contributed by atoms with Crippen molar-refractivity contribution in [2.45, 2.75) is 128 Å². The third kappa shape index (κ3) is 11.3. The maximum atomic E-state index is 14.4. The highest BCUT2D eigenvalue weighted by molar-refractivity contribution is 6.00. The molecule has 2 aromatic rings. The molecule has 2 N–H and O–H groups in total. The molecule has 1 aromatic carbocycles. The number of halogens is 1. The van der Waals surface area contributed by atoms with Gasteiger partial charge in [0.05, 0.1) is 31.0 Å². The van der Waals surface area contributed by atoms with E-state index in [0.29, 0.717) is 61.9 Å².